The first kappa shape index (κ1) is 29.8. The van der Waals surface area contributed by atoms with Gasteiger partial charge in [0.25, 0.3) is 0 Å². The Morgan fingerprint density at radius 2 is 1.79 bits per heavy atom. The quantitative estimate of drug-likeness (QED) is 0.240. The van der Waals surface area contributed by atoms with Gasteiger partial charge in [0.1, 0.15) is 23.6 Å². The van der Waals surface area contributed by atoms with Gasteiger partial charge in [-0.15, -0.1) is 12.4 Å². The molecule has 2 N–H and O–H groups in total. The van der Waals surface area contributed by atoms with Crippen LogP contribution in [0.3, 0.4) is 0 Å². The number of carbonyl (C=O) groups is 2. The minimum atomic E-state index is -0.532. The molecule has 8 nitrogen and oxygen atoms in total. The average Bonchev–Trinajstić information content (AvgIpc) is 2.91. The van der Waals surface area contributed by atoms with Crippen LogP contribution in [0.2, 0.25) is 10.0 Å². The van der Waals surface area contributed by atoms with Crippen molar-refractivity contribution in [2.24, 2.45) is 0 Å². The third kappa shape index (κ3) is 7.23. The Bertz CT molecular complexity index is 1500. The molecule has 0 fully saturated rings. The number of methoxy groups -OCH3 is 1. The molecule has 0 atom stereocenters. The average molecular weight is 590 g/mol. The van der Waals surface area contributed by atoms with Crippen molar-refractivity contribution in [3.8, 4) is 11.5 Å². The molecule has 1 aromatic heterocycles. The second-order valence-electron chi connectivity index (χ2n) is 8.42. The number of halogens is 3. The van der Waals surface area contributed by atoms with Gasteiger partial charge in [0.2, 0.25) is 5.91 Å². The second-order valence-corrected chi connectivity index (χ2v) is 9.21. The first-order valence-corrected chi connectivity index (χ1v) is 12.4. The Balaban J connectivity index is 0.00000420. The molecular weight excluding hydrogens is 563 g/mol. The third-order valence-electron chi connectivity index (χ3n) is 5.82. The first-order valence-electron chi connectivity index (χ1n) is 11.7. The van der Waals surface area contributed by atoms with E-state index in [0.717, 1.165) is 16.6 Å². The van der Waals surface area contributed by atoms with Gasteiger partial charge in [-0.3, -0.25) is 4.79 Å². The van der Waals surface area contributed by atoms with Crippen molar-refractivity contribution in [1.82, 2.24) is 10.3 Å². The van der Waals surface area contributed by atoms with Crippen LogP contribution in [0.25, 0.3) is 10.9 Å². The Kier molecular flexibility index (Phi) is 10.2. The molecule has 4 aromatic rings. The number of fused-ring (bicyclic) bond motifs is 1. The number of aryl methyl sites for hydroxylation is 1. The highest BCUT2D eigenvalue weighted by atomic mass is 35.5. The normalized spacial score (nSPS) is 10.4. The van der Waals surface area contributed by atoms with Gasteiger partial charge in [-0.05, 0) is 43.3 Å². The van der Waals surface area contributed by atoms with E-state index in [0.29, 0.717) is 33.5 Å². The number of para-hydroxylation sites is 1. The van der Waals surface area contributed by atoms with E-state index in [4.69, 9.17) is 32.7 Å². The molecule has 0 aliphatic rings. The number of pyridine rings is 1. The van der Waals surface area contributed by atoms with E-state index in [1.165, 1.54) is 12.0 Å². The third-order valence-corrected chi connectivity index (χ3v) is 6.60. The van der Waals surface area contributed by atoms with E-state index in [2.05, 4.69) is 15.6 Å². The number of nitrogens with one attached hydrogen (secondary N) is 2. The van der Waals surface area contributed by atoms with E-state index in [9.17, 15) is 9.59 Å². The zero-order valence-corrected chi connectivity index (χ0v) is 23.8. The number of ether oxygens (including phenoxy) is 2. The molecule has 1 heterocycles. The van der Waals surface area contributed by atoms with Crippen LogP contribution in [0.4, 0.5) is 16.2 Å². The number of hydrogen-bond acceptors (Lipinski definition) is 5. The Labute approximate surface area is 242 Å². The van der Waals surface area contributed by atoms with E-state index in [1.807, 2.05) is 37.3 Å². The molecular formula is C28H27Cl3N4O4. The summed E-state index contributed by atoms with van der Waals surface area (Å²) in [5.41, 5.74) is 3.10. The summed E-state index contributed by atoms with van der Waals surface area (Å²) >= 11 is 13.1. The fourth-order valence-corrected chi connectivity index (χ4v) is 4.35. The number of amides is 3. The van der Waals surface area contributed by atoms with Gasteiger partial charge in [-0.25, -0.2) is 9.78 Å². The standard InChI is InChI=1S/C28H26Cl2N4O4.ClH/c1-17-10-11-18-6-4-9-24(27(18)32-17)38-16-21-22(29)12-13-23(26(21)30)34(2)25(35)15-31-28(36)33-19-7-5-8-20(14-19)37-3;/h4-14H,15-16H2,1-3H3,(H2,31,33,36);1H. The SMILES string of the molecule is COc1cccc(NC(=O)NCC(=O)N(C)c2ccc(Cl)c(COc3cccc4ccc(C)nc34)c2Cl)c1.Cl. The maximum absolute atomic E-state index is 12.8. The van der Waals surface area contributed by atoms with Gasteiger partial charge in [0.15, 0.2) is 0 Å². The zero-order valence-electron chi connectivity index (χ0n) is 21.5. The summed E-state index contributed by atoms with van der Waals surface area (Å²) in [7, 11) is 3.11. The van der Waals surface area contributed by atoms with Gasteiger partial charge >= 0.3 is 6.03 Å². The maximum atomic E-state index is 12.8. The smallest absolute Gasteiger partial charge is 0.319 e. The molecule has 3 aromatic carbocycles. The molecule has 11 heteroatoms. The monoisotopic (exact) mass is 588 g/mol. The number of likely N-dealkylation sites (N-methyl/N-ethyl adjacent to an activating group) is 1. The first-order chi connectivity index (χ1) is 18.3. The van der Waals surface area contributed by atoms with Gasteiger partial charge in [-0.1, -0.05) is 47.5 Å². The molecule has 0 saturated heterocycles. The number of rotatable bonds is 8. The molecule has 204 valence electrons. The number of nitrogens with zero attached hydrogens (tertiary/aromatic N) is 2. The number of aromatic nitrogens is 1. The van der Waals surface area contributed by atoms with Crippen LogP contribution in [0.5, 0.6) is 11.5 Å². The minimum Gasteiger partial charge on any atom is -0.497 e. The molecule has 39 heavy (non-hydrogen) atoms. The van der Waals surface area contributed by atoms with Crippen molar-refractivity contribution in [3.05, 3.63) is 88.0 Å². The number of anilines is 2. The molecule has 0 unspecified atom stereocenters. The summed E-state index contributed by atoms with van der Waals surface area (Å²) in [4.78, 5) is 31.1. The molecule has 0 radical (unpaired) electrons. The molecule has 0 aliphatic carbocycles. The van der Waals surface area contributed by atoms with Gasteiger partial charge in [0.05, 0.1) is 24.4 Å². The van der Waals surface area contributed by atoms with Crippen molar-refractivity contribution in [1.29, 1.82) is 0 Å². The summed E-state index contributed by atoms with van der Waals surface area (Å²) in [5.74, 6) is 0.817. The predicted molar refractivity (Wildman–Crippen MR) is 158 cm³/mol. The molecule has 4 rings (SSSR count). The Hall–Kier alpha value is -3.72. The fraction of sp³-hybridized carbons (Fsp3) is 0.179. The second kappa shape index (κ2) is 13.4. The van der Waals surface area contributed by atoms with Crippen LogP contribution in [-0.4, -0.2) is 37.6 Å². The Morgan fingerprint density at radius 3 is 2.56 bits per heavy atom. The maximum Gasteiger partial charge on any atom is 0.319 e. The molecule has 0 spiro atoms. The van der Waals surface area contributed by atoms with E-state index >= 15 is 0 Å². The molecule has 0 saturated carbocycles. The van der Waals surface area contributed by atoms with Crippen LogP contribution in [0.15, 0.2) is 66.7 Å². The van der Waals surface area contributed by atoms with Crippen LogP contribution in [0.1, 0.15) is 11.3 Å². The Morgan fingerprint density at radius 1 is 1.03 bits per heavy atom. The number of benzene rings is 3. The number of carbonyl (C=O) groups excluding carboxylic acids is 2. The summed E-state index contributed by atoms with van der Waals surface area (Å²) in [6.45, 7) is 1.74. The van der Waals surface area contributed by atoms with Crippen LogP contribution < -0.4 is 25.0 Å². The highest BCUT2D eigenvalue weighted by Gasteiger charge is 2.19. The van der Waals surface area contributed by atoms with Crippen molar-refractivity contribution in [2.45, 2.75) is 13.5 Å². The molecule has 0 aliphatic heterocycles. The summed E-state index contributed by atoms with van der Waals surface area (Å²) in [6.07, 6.45) is 0. The van der Waals surface area contributed by atoms with Crippen LogP contribution in [-0.2, 0) is 11.4 Å². The largest absolute Gasteiger partial charge is 0.497 e. The van der Waals surface area contributed by atoms with Gasteiger partial charge in [-0.2, -0.15) is 0 Å². The number of hydrogen-bond donors (Lipinski definition) is 2. The highest BCUT2D eigenvalue weighted by Crippen LogP contribution is 2.35. The van der Waals surface area contributed by atoms with Gasteiger partial charge < -0.3 is 25.0 Å². The zero-order chi connectivity index (χ0) is 27.2. The van der Waals surface area contributed by atoms with E-state index in [-0.39, 0.29) is 36.5 Å². The van der Waals surface area contributed by atoms with E-state index < -0.39 is 6.03 Å². The molecule has 3 amide bonds. The van der Waals surface area contributed by atoms with E-state index in [1.54, 1.807) is 43.4 Å². The lowest BCUT2D eigenvalue weighted by atomic mass is 10.1. The summed E-state index contributed by atoms with van der Waals surface area (Å²) in [6, 6.07) is 19.2. The predicted octanol–water partition coefficient (Wildman–Crippen LogP) is 6.64. The lowest BCUT2D eigenvalue weighted by Crippen LogP contribution is -2.40. The van der Waals surface area contributed by atoms with Gasteiger partial charge in [0, 0.05) is 40.5 Å². The lowest BCUT2D eigenvalue weighted by Gasteiger charge is -2.21. The van der Waals surface area contributed by atoms with Crippen LogP contribution in [0, 0.1) is 6.92 Å². The number of urea groups is 1. The lowest BCUT2D eigenvalue weighted by molar-refractivity contribution is -0.117. The fourth-order valence-electron chi connectivity index (χ4n) is 3.75. The molecule has 0 bridgehead atoms. The minimum absolute atomic E-state index is 0. The van der Waals surface area contributed by atoms with Crippen molar-refractivity contribution in [2.75, 3.05) is 30.9 Å². The summed E-state index contributed by atoms with van der Waals surface area (Å²) < 4.78 is 11.2. The van der Waals surface area contributed by atoms with Crippen molar-refractivity contribution in [3.63, 3.8) is 0 Å². The van der Waals surface area contributed by atoms with Crippen LogP contribution >= 0.6 is 35.6 Å². The highest BCUT2D eigenvalue weighted by molar-refractivity contribution is 6.38. The van der Waals surface area contributed by atoms with Crippen molar-refractivity contribution >= 4 is 69.8 Å². The summed E-state index contributed by atoms with van der Waals surface area (Å²) in [5, 5.41) is 6.84. The van der Waals surface area contributed by atoms with Crippen molar-refractivity contribution < 1.29 is 19.1 Å². The topological polar surface area (TPSA) is 92.8 Å².